The van der Waals surface area contributed by atoms with Gasteiger partial charge in [0.15, 0.2) is 5.65 Å². The number of halogens is 1. The zero-order chi connectivity index (χ0) is 23.7. The third-order valence-corrected chi connectivity index (χ3v) is 5.32. The fourth-order valence-electron chi connectivity index (χ4n) is 3.43. The van der Waals surface area contributed by atoms with Gasteiger partial charge in [-0.15, -0.1) is 5.10 Å². The van der Waals surface area contributed by atoms with Crippen molar-refractivity contribution in [3.8, 4) is 28.6 Å². The molecule has 0 aliphatic rings. The Bertz CT molecular complexity index is 1560. The zero-order valence-corrected chi connectivity index (χ0v) is 18.6. The number of carbonyl (C=O) groups is 1. The van der Waals surface area contributed by atoms with E-state index in [4.69, 9.17) is 20.9 Å². The van der Waals surface area contributed by atoms with Gasteiger partial charge in [0.05, 0.1) is 17.7 Å². The van der Waals surface area contributed by atoms with Crippen LogP contribution in [-0.4, -0.2) is 37.3 Å². The number of methoxy groups -OCH3 is 1. The number of nitrogens with one attached hydrogen (secondary N) is 1. The van der Waals surface area contributed by atoms with E-state index in [2.05, 4.69) is 20.6 Å². The van der Waals surface area contributed by atoms with Crippen molar-refractivity contribution < 1.29 is 14.1 Å². The normalized spacial score (nSPS) is 11.0. The predicted molar refractivity (Wildman–Crippen MR) is 125 cm³/mol. The number of benzene rings is 2. The van der Waals surface area contributed by atoms with Crippen molar-refractivity contribution >= 4 is 28.8 Å². The van der Waals surface area contributed by atoms with Gasteiger partial charge in [0.2, 0.25) is 11.7 Å². The molecule has 3 aromatic heterocycles. The van der Waals surface area contributed by atoms with E-state index < -0.39 is 11.6 Å². The van der Waals surface area contributed by atoms with E-state index in [1.165, 1.54) is 11.5 Å². The number of hydrogen-bond acceptors (Lipinski definition) is 7. The lowest BCUT2D eigenvalue weighted by atomic mass is 10.2. The number of carbonyl (C=O) groups excluding carboxylic acids is 1. The summed E-state index contributed by atoms with van der Waals surface area (Å²) >= 11 is 6.10. The topological polar surface area (TPSA) is 117 Å². The maximum absolute atomic E-state index is 12.8. The number of nitrogens with zero attached hydrogens (tertiary/aromatic N) is 5. The van der Waals surface area contributed by atoms with Crippen molar-refractivity contribution in [2.75, 3.05) is 12.4 Å². The number of anilines is 1. The molecular weight excluding hydrogens is 460 g/mol. The molecule has 0 fully saturated rings. The van der Waals surface area contributed by atoms with E-state index in [1.807, 2.05) is 30.3 Å². The monoisotopic (exact) mass is 476 g/mol. The van der Waals surface area contributed by atoms with Crippen molar-refractivity contribution in [2.24, 2.45) is 0 Å². The molecule has 1 N–H and O–H groups in total. The number of fused-ring (bicyclic) bond motifs is 1. The molecule has 0 bridgehead atoms. The lowest BCUT2D eigenvalue weighted by Gasteiger charge is -2.07. The second-order valence-corrected chi connectivity index (χ2v) is 7.65. The quantitative estimate of drug-likeness (QED) is 0.398. The first-order chi connectivity index (χ1) is 16.5. The Morgan fingerprint density at radius 2 is 1.97 bits per heavy atom. The molecule has 3 heterocycles. The molecule has 5 aromatic rings. The molecule has 1 amide bonds. The third kappa shape index (κ3) is 4.02. The van der Waals surface area contributed by atoms with Crippen LogP contribution in [0.2, 0.25) is 5.02 Å². The highest BCUT2D eigenvalue weighted by Crippen LogP contribution is 2.27. The summed E-state index contributed by atoms with van der Waals surface area (Å²) in [6, 6.07) is 17.6. The summed E-state index contributed by atoms with van der Waals surface area (Å²) in [6.45, 7) is -0.303. The van der Waals surface area contributed by atoms with Crippen molar-refractivity contribution in [1.82, 2.24) is 24.3 Å². The Kier molecular flexibility index (Phi) is 5.56. The first-order valence-corrected chi connectivity index (χ1v) is 10.5. The summed E-state index contributed by atoms with van der Waals surface area (Å²) in [4.78, 5) is 29.8. The number of ether oxygens (including phenoxy) is 1. The fraction of sp³-hybridized carbons (Fsp3) is 0.0870. The molecule has 11 heteroatoms. The lowest BCUT2D eigenvalue weighted by molar-refractivity contribution is -0.117. The van der Waals surface area contributed by atoms with Crippen molar-refractivity contribution in [3.63, 3.8) is 0 Å². The average molecular weight is 477 g/mol. The Balaban J connectivity index is 1.42. The van der Waals surface area contributed by atoms with Gasteiger partial charge in [-0.25, -0.2) is 13.9 Å². The SMILES string of the molecule is COc1ccc(NC(=O)Cn2nc3c(-c4nc(-c5ccccc5)no4)cccn3c2=O)cc1Cl. The highest BCUT2D eigenvalue weighted by molar-refractivity contribution is 6.32. The van der Waals surface area contributed by atoms with Crippen LogP contribution in [0.1, 0.15) is 0 Å². The second kappa shape index (κ2) is 8.83. The first kappa shape index (κ1) is 21.4. The van der Waals surface area contributed by atoms with Crippen molar-refractivity contribution in [1.29, 1.82) is 0 Å². The summed E-state index contributed by atoms with van der Waals surface area (Å²) in [7, 11) is 1.50. The van der Waals surface area contributed by atoms with E-state index >= 15 is 0 Å². The van der Waals surface area contributed by atoms with E-state index in [0.29, 0.717) is 27.8 Å². The molecule has 34 heavy (non-hydrogen) atoms. The molecule has 0 unspecified atom stereocenters. The highest BCUT2D eigenvalue weighted by Gasteiger charge is 2.18. The maximum Gasteiger partial charge on any atom is 0.350 e. The van der Waals surface area contributed by atoms with Crippen LogP contribution < -0.4 is 15.7 Å². The smallest absolute Gasteiger partial charge is 0.350 e. The summed E-state index contributed by atoms with van der Waals surface area (Å²) in [5, 5.41) is 11.4. The van der Waals surface area contributed by atoms with Crippen LogP contribution in [0.3, 0.4) is 0 Å². The van der Waals surface area contributed by atoms with E-state index in [0.717, 1.165) is 10.2 Å². The molecule has 0 saturated heterocycles. The van der Waals surface area contributed by atoms with Gasteiger partial charge in [-0.3, -0.25) is 4.79 Å². The standard InChI is InChI=1S/C23H17ClN6O4/c1-33-18-10-9-15(12-17(18)24)25-19(31)13-30-23(32)29-11-5-8-16(21(29)27-30)22-26-20(28-34-22)14-6-3-2-4-7-14/h2-12H,13H2,1H3,(H,25,31). The maximum atomic E-state index is 12.8. The van der Waals surface area contributed by atoms with Crippen LogP contribution in [-0.2, 0) is 11.3 Å². The molecule has 10 nitrogen and oxygen atoms in total. The number of amides is 1. The van der Waals surface area contributed by atoms with Gasteiger partial charge in [-0.2, -0.15) is 4.98 Å². The molecule has 0 saturated carbocycles. The Morgan fingerprint density at radius 3 is 2.74 bits per heavy atom. The number of pyridine rings is 1. The van der Waals surface area contributed by atoms with E-state index in [9.17, 15) is 9.59 Å². The van der Waals surface area contributed by atoms with Gasteiger partial charge in [-0.1, -0.05) is 47.1 Å². The average Bonchev–Trinajstić information content (AvgIpc) is 3.45. The second-order valence-electron chi connectivity index (χ2n) is 7.24. The summed E-state index contributed by atoms with van der Waals surface area (Å²) in [5.41, 5.74) is 1.53. The molecule has 170 valence electrons. The van der Waals surface area contributed by atoms with Crippen LogP contribution in [0.15, 0.2) is 76.2 Å². The van der Waals surface area contributed by atoms with Gasteiger partial charge in [0.25, 0.3) is 5.89 Å². The first-order valence-electron chi connectivity index (χ1n) is 10.1. The molecule has 0 atom stereocenters. The Morgan fingerprint density at radius 1 is 1.15 bits per heavy atom. The van der Waals surface area contributed by atoms with Gasteiger partial charge in [0.1, 0.15) is 12.3 Å². The molecule has 2 aromatic carbocycles. The van der Waals surface area contributed by atoms with Crippen LogP contribution in [0.4, 0.5) is 5.69 Å². The summed E-state index contributed by atoms with van der Waals surface area (Å²) in [5.74, 6) is 0.661. The lowest BCUT2D eigenvalue weighted by Crippen LogP contribution is -2.28. The van der Waals surface area contributed by atoms with Crippen LogP contribution in [0.25, 0.3) is 28.5 Å². The molecule has 5 rings (SSSR count). The molecule has 0 aliphatic carbocycles. The summed E-state index contributed by atoms with van der Waals surface area (Å²) < 4.78 is 12.9. The van der Waals surface area contributed by atoms with Crippen molar-refractivity contribution in [2.45, 2.75) is 6.54 Å². The predicted octanol–water partition coefficient (Wildman–Crippen LogP) is 3.51. The number of hydrogen-bond donors (Lipinski definition) is 1. The largest absolute Gasteiger partial charge is 0.495 e. The van der Waals surface area contributed by atoms with E-state index in [1.54, 1.807) is 36.5 Å². The fourth-order valence-corrected chi connectivity index (χ4v) is 3.68. The van der Waals surface area contributed by atoms with Crippen LogP contribution >= 0.6 is 11.6 Å². The van der Waals surface area contributed by atoms with Crippen LogP contribution in [0, 0.1) is 0 Å². The Labute approximate surface area is 197 Å². The number of rotatable bonds is 6. The third-order valence-electron chi connectivity index (χ3n) is 5.03. The molecule has 0 aliphatic heterocycles. The highest BCUT2D eigenvalue weighted by atomic mass is 35.5. The van der Waals surface area contributed by atoms with Crippen LogP contribution in [0.5, 0.6) is 5.75 Å². The van der Waals surface area contributed by atoms with Gasteiger partial charge in [-0.05, 0) is 30.3 Å². The Hall–Kier alpha value is -4.44. The number of aromatic nitrogens is 5. The van der Waals surface area contributed by atoms with E-state index in [-0.39, 0.29) is 18.1 Å². The zero-order valence-electron chi connectivity index (χ0n) is 17.8. The summed E-state index contributed by atoms with van der Waals surface area (Å²) in [6.07, 6.45) is 1.56. The van der Waals surface area contributed by atoms with Gasteiger partial charge >= 0.3 is 5.69 Å². The van der Waals surface area contributed by atoms with Gasteiger partial charge in [0, 0.05) is 17.4 Å². The molecule has 0 spiro atoms. The minimum atomic E-state index is -0.484. The van der Waals surface area contributed by atoms with Crippen molar-refractivity contribution in [3.05, 3.63) is 82.4 Å². The minimum absolute atomic E-state index is 0.207. The van der Waals surface area contributed by atoms with Gasteiger partial charge < -0.3 is 14.6 Å². The molecular formula is C23H17ClN6O4. The minimum Gasteiger partial charge on any atom is -0.495 e. The molecule has 0 radical (unpaired) electrons.